The number of hydrogen-bond acceptors (Lipinski definition) is 5. The summed E-state index contributed by atoms with van der Waals surface area (Å²) in [5.74, 6) is 1.02. The zero-order valence-electron chi connectivity index (χ0n) is 12.8. The lowest BCUT2D eigenvalue weighted by Gasteiger charge is -2.09. The SMILES string of the molecule is Cc1cccc(Nc2cnnc(Nc3ccc(C)c(Cl)c3)n2)c1. The smallest absolute Gasteiger partial charge is 0.249 e. The van der Waals surface area contributed by atoms with Crippen molar-refractivity contribution in [1.82, 2.24) is 15.2 Å². The predicted molar refractivity (Wildman–Crippen MR) is 93.8 cm³/mol. The predicted octanol–water partition coefficient (Wildman–Crippen LogP) is 4.63. The quantitative estimate of drug-likeness (QED) is 0.732. The van der Waals surface area contributed by atoms with Crippen molar-refractivity contribution in [3.8, 4) is 0 Å². The molecule has 0 saturated carbocycles. The number of rotatable bonds is 4. The van der Waals surface area contributed by atoms with E-state index in [2.05, 4.69) is 25.8 Å². The van der Waals surface area contributed by atoms with Gasteiger partial charge in [0, 0.05) is 16.4 Å². The Hall–Kier alpha value is -2.66. The van der Waals surface area contributed by atoms with Crippen molar-refractivity contribution in [2.24, 2.45) is 0 Å². The summed E-state index contributed by atoms with van der Waals surface area (Å²) in [5, 5.41) is 15.0. The highest BCUT2D eigenvalue weighted by atomic mass is 35.5. The van der Waals surface area contributed by atoms with E-state index in [9.17, 15) is 0 Å². The van der Waals surface area contributed by atoms with Gasteiger partial charge in [-0.1, -0.05) is 29.8 Å². The van der Waals surface area contributed by atoms with Crippen LogP contribution < -0.4 is 10.6 Å². The third kappa shape index (κ3) is 3.96. The second-order valence-electron chi connectivity index (χ2n) is 5.25. The van der Waals surface area contributed by atoms with Gasteiger partial charge in [0.25, 0.3) is 0 Å². The van der Waals surface area contributed by atoms with Crippen molar-refractivity contribution < 1.29 is 0 Å². The number of aromatic nitrogens is 3. The first kappa shape index (κ1) is 15.2. The van der Waals surface area contributed by atoms with Gasteiger partial charge in [0.05, 0.1) is 6.20 Å². The van der Waals surface area contributed by atoms with E-state index in [1.807, 2.05) is 56.3 Å². The van der Waals surface area contributed by atoms with Crippen LogP contribution in [0.3, 0.4) is 0 Å². The van der Waals surface area contributed by atoms with Gasteiger partial charge in [0.1, 0.15) is 0 Å². The Morgan fingerprint density at radius 1 is 0.957 bits per heavy atom. The van der Waals surface area contributed by atoms with Crippen molar-refractivity contribution in [2.75, 3.05) is 10.6 Å². The Morgan fingerprint density at radius 2 is 1.78 bits per heavy atom. The monoisotopic (exact) mass is 325 g/mol. The fourth-order valence-corrected chi connectivity index (χ4v) is 2.27. The molecule has 0 radical (unpaired) electrons. The van der Waals surface area contributed by atoms with Crippen LogP contribution in [0.4, 0.5) is 23.1 Å². The second-order valence-corrected chi connectivity index (χ2v) is 5.66. The van der Waals surface area contributed by atoms with Crippen LogP contribution in [0, 0.1) is 13.8 Å². The lowest BCUT2D eigenvalue weighted by Crippen LogP contribution is -2.02. The summed E-state index contributed by atoms with van der Waals surface area (Å²) >= 11 is 6.12. The number of benzene rings is 2. The van der Waals surface area contributed by atoms with Crippen molar-refractivity contribution in [3.05, 3.63) is 64.8 Å². The van der Waals surface area contributed by atoms with E-state index in [1.54, 1.807) is 6.20 Å². The maximum Gasteiger partial charge on any atom is 0.249 e. The van der Waals surface area contributed by atoms with E-state index in [1.165, 1.54) is 5.56 Å². The standard InChI is InChI=1S/C17H16ClN5/c1-11-4-3-5-13(8-11)20-16-10-19-23-17(22-16)21-14-7-6-12(2)15(18)9-14/h3-10H,1-2H3,(H2,20,21,22,23). The first-order valence-electron chi connectivity index (χ1n) is 7.17. The van der Waals surface area contributed by atoms with E-state index < -0.39 is 0 Å². The molecule has 2 aromatic carbocycles. The van der Waals surface area contributed by atoms with Crippen LogP contribution >= 0.6 is 11.6 Å². The van der Waals surface area contributed by atoms with Crippen LogP contribution in [0.25, 0.3) is 0 Å². The van der Waals surface area contributed by atoms with Crippen molar-refractivity contribution in [2.45, 2.75) is 13.8 Å². The van der Waals surface area contributed by atoms with Gasteiger partial charge in [-0.05, 0) is 49.2 Å². The summed E-state index contributed by atoms with van der Waals surface area (Å²) in [4.78, 5) is 4.41. The van der Waals surface area contributed by atoms with E-state index in [4.69, 9.17) is 11.6 Å². The molecule has 0 bridgehead atoms. The topological polar surface area (TPSA) is 62.7 Å². The Kier molecular flexibility index (Phi) is 4.39. The normalized spacial score (nSPS) is 10.4. The van der Waals surface area contributed by atoms with Gasteiger partial charge >= 0.3 is 0 Å². The molecule has 0 unspecified atom stereocenters. The fraction of sp³-hybridized carbons (Fsp3) is 0.118. The molecule has 116 valence electrons. The third-order valence-corrected chi connectivity index (χ3v) is 3.68. The number of aryl methyl sites for hydroxylation is 2. The highest BCUT2D eigenvalue weighted by molar-refractivity contribution is 6.31. The van der Waals surface area contributed by atoms with Crippen LogP contribution in [0.15, 0.2) is 48.7 Å². The lowest BCUT2D eigenvalue weighted by molar-refractivity contribution is 0.982. The molecule has 2 N–H and O–H groups in total. The summed E-state index contributed by atoms with van der Waals surface area (Å²) in [7, 11) is 0. The lowest BCUT2D eigenvalue weighted by atomic mass is 10.2. The minimum absolute atomic E-state index is 0.405. The maximum atomic E-state index is 6.12. The van der Waals surface area contributed by atoms with Gasteiger partial charge in [-0.3, -0.25) is 0 Å². The number of anilines is 4. The van der Waals surface area contributed by atoms with Crippen LogP contribution in [0.1, 0.15) is 11.1 Å². The molecule has 3 aromatic rings. The summed E-state index contributed by atoms with van der Waals surface area (Å²) in [6.07, 6.45) is 1.58. The molecule has 1 aromatic heterocycles. The third-order valence-electron chi connectivity index (χ3n) is 3.28. The average Bonchev–Trinajstić information content (AvgIpc) is 2.51. The molecule has 0 spiro atoms. The zero-order chi connectivity index (χ0) is 16.2. The second kappa shape index (κ2) is 6.62. The van der Waals surface area contributed by atoms with Crippen LogP contribution in [-0.4, -0.2) is 15.2 Å². The molecule has 0 amide bonds. The van der Waals surface area contributed by atoms with Crippen molar-refractivity contribution in [1.29, 1.82) is 0 Å². The van der Waals surface area contributed by atoms with E-state index in [0.717, 1.165) is 16.9 Å². The summed E-state index contributed by atoms with van der Waals surface area (Å²) in [6.45, 7) is 3.99. The van der Waals surface area contributed by atoms with Gasteiger partial charge in [-0.2, -0.15) is 10.1 Å². The maximum absolute atomic E-state index is 6.12. The van der Waals surface area contributed by atoms with Crippen molar-refractivity contribution in [3.63, 3.8) is 0 Å². The number of halogens is 1. The highest BCUT2D eigenvalue weighted by Gasteiger charge is 2.04. The Labute approximate surface area is 139 Å². The van der Waals surface area contributed by atoms with Gasteiger partial charge in [-0.25, -0.2) is 0 Å². The first-order chi connectivity index (χ1) is 11.1. The molecule has 1 heterocycles. The largest absolute Gasteiger partial charge is 0.339 e. The van der Waals surface area contributed by atoms with Gasteiger partial charge in [-0.15, -0.1) is 5.10 Å². The average molecular weight is 326 g/mol. The van der Waals surface area contributed by atoms with Crippen molar-refractivity contribution >= 4 is 34.7 Å². The van der Waals surface area contributed by atoms with Crippen LogP contribution in [-0.2, 0) is 0 Å². The number of hydrogen-bond donors (Lipinski definition) is 2. The molecule has 6 heteroatoms. The first-order valence-corrected chi connectivity index (χ1v) is 7.54. The Balaban J connectivity index is 1.78. The Morgan fingerprint density at radius 3 is 2.57 bits per heavy atom. The molecule has 3 rings (SSSR count). The minimum atomic E-state index is 0.405. The molecule has 0 aliphatic rings. The summed E-state index contributed by atoms with van der Waals surface area (Å²) in [5.41, 5.74) is 3.96. The van der Waals surface area contributed by atoms with Gasteiger partial charge in [0.2, 0.25) is 5.95 Å². The highest BCUT2D eigenvalue weighted by Crippen LogP contribution is 2.22. The molecule has 0 atom stereocenters. The van der Waals surface area contributed by atoms with Crippen LogP contribution in [0.2, 0.25) is 5.02 Å². The molecular weight excluding hydrogens is 310 g/mol. The molecule has 0 aliphatic heterocycles. The molecule has 0 saturated heterocycles. The number of nitrogens with one attached hydrogen (secondary N) is 2. The molecule has 0 aliphatic carbocycles. The Bertz CT molecular complexity index is 835. The minimum Gasteiger partial charge on any atom is -0.339 e. The van der Waals surface area contributed by atoms with E-state index in [-0.39, 0.29) is 0 Å². The summed E-state index contributed by atoms with van der Waals surface area (Å²) in [6, 6.07) is 13.7. The molecular formula is C17H16ClN5. The fourth-order valence-electron chi connectivity index (χ4n) is 2.09. The van der Waals surface area contributed by atoms with E-state index in [0.29, 0.717) is 16.8 Å². The van der Waals surface area contributed by atoms with Gasteiger partial charge < -0.3 is 10.6 Å². The summed E-state index contributed by atoms with van der Waals surface area (Å²) < 4.78 is 0. The molecule has 0 fully saturated rings. The van der Waals surface area contributed by atoms with E-state index >= 15 is 0 Å². The zero-order valence-corrected chi connectivity index (χ0v) is 13.6. The van der Waals surface area contributed by atoms with Crippen LogP contribution in [0.5, 0.6) is 0 Å². The number of nitrogens with zero attached hydrogens (tertiary/aromatic N) is 3. The molecule has 5 nitrogen and oxygen atoms in total. The van der Waals surface area contributed by atoms with Gasteiger partial charge in [0.15, 0.2) is 5.82 Å². The molecule has 23 heavy (non-hydrogen) atoms.